The summed E-state index contributed by atoms with van der Waals surface area (Å²) in [4.78, 5) is 4.02. The maximum atomic E-state index is 5.88. The quantitative estimate of drug-likeness (QED) is 0.786. The first kappa shape index (κ1) is 11.3. The lowest BCUT2D eigenvalue weighted by Gasteiger charge is -2.07. The Labute approximate surface area is 103 Å². The van der Waals surface area contributed by atoms with Crippen molar-refractivity contribution >= 4 is 23.2 Å². The summed E-state index contributed by atoms with van der Waals surface area (Å²) in [6.07, 6.45) is 1.36. The van der Waals surface area contributed by atoms with Crippen LogP contribution in [0.2, 0.25) is 5.02 Å². The van der Waals surface area contributed by atoms with Crippen LogP contribution in [0.5, 0.6) is 5.75 Å². The van der Waals surface area contributed by atoms with Gasteiger partial charge in [0.1, 0.15) is 11.4 Å². The summed E-state index contributed by atoms with van der Waals surface area (Å²) in [6, 6.07) is 5.30. The van der Waals surface area contributed by atoms with Crippen LogP contribution in [0.4, 0.5) is 0 Å². The zero-order chi connectivity index (χ0) is 11.5. The van der Waals surface area contributed by atoms with E-state index in [9.17, 15) is 0 Å². The maximum Gasteiger partial charge on any atom is 0.181 e. The number of ether oxygens (including phenoxy) is 1. The van der Waals surface area contributed by atoms with Crippen LogP contribution in [0.3, 0.4) is 0 Å². The van der Waals surface area contributed by atoms with Gasteiger partial charge in [-0.05, 0) is 18.2 Å². The lowest BCUT2D eigenvalue weighted by molar-refractivity contribution is 0.414. The van der Waals surface area contributed by atoms with E-state index in [2.05, 4.69) is 4.98 Å². The van der Waals surface area contributed by atoms with Gasteiger partial charge in [0.2, 0.25) is 0 Å². The molecular weight excluding hydrogens is 249 g/mol. The van der Waals surface area contributed by atoms with E-state index in [1.54, 1.807) is 19.2 Å². The number of hydrogen-bond donors (Lipinski definition) is 0. The fraction of sp³-hybridized carbons (Fsp3) is 0.182. The number of aromatic nitrogens is 1. The van der Waals surface area contributed by atoms with Crippen LogP contribution in [-0.4, -0.2) is 12.1 Å². The Bertz CT molecular complexity index is 496. The van der Waals surface area contributed by atoms with Gasteiger partial charge in [-0.25, -0.2) is 4.98 Å². The van der Waals surface area contributed by atoms with Crippen molar-refractivity contribution in [1.82, 2.24) is 4.98 Å². The summed E-state index contributed by atoms with van der Waals surface area (Å²) in [5.74, 6) is 1.54. The maximum absolute atomic E-state index is 5.88. The van der Waals surface area contributed by atoms with Gasteiger partial charge in [-0.3, -0.25) is 0 Å². The molecule has 0 aliphatic carbocycles. The minimum absolute atomic E-state index is 0.289. The van der Waals surface area contributed by atoms with Crippen molar-refractivity contribution in [2.45, 2.75) is 5.88 Å². The smallest absolute Gasteiger partial charge is 0.181 e. The Morgan fingerprint density at radius 3 is 2.94 bits per heavy atom. The normalized spacial score (nSPS) is 10.4. The van der Waals surface area contributed by atoms with Gasteiger partial charge in [0, 0.05) is 5.02 Å². The monoisotopic (exact) mass is 257 g/mol. The average Bonchev–Trinajstić information content (AvgIpc) is 2.76. The van der Waals surface area contributed by atoms with Crippen LogP contribution >= 0.6 is 23.2 Å². The van der Waals surface area contributed by atoms with Gasteiger partial charge in [0.15, 0.2) is 12.2 Å². The fourth-order valence-corrected chi connectivity index (χ4v) is 1.79. The zero-order valence-electron chi connectivity index (χ0n) is 8.54. The largest absolute Gasteiger partial charge is 0.496 e. The summed E-state index contributed by atoms with van der Waals surface area (Å²) < 4.78 is 10.5. The molecule has 3 nitrogen and oxygen atoms in total. The van der Waals surface area contributed by atoms with Crippen LogP contribution < -0.4 is 4.74 Å². The van der Waals surface area contributed by atoms with Gasteiger partial charge >= 0.3 is 0 Å². The van der Waals surface area contributed by atoms with E-state index in [1.165, 1.54) is 6.39 Å². The molecule has 0 amide bonds. The molecule has 0 fully saturated rings. The number of methoxy groups -OCH3 is 1. The topological polar surface area (TPSA) is 35.3 Å². The Hall–Kier alpha value is -1.19. The van der Waals surface area contributed by atoms with Crippen LogP contribution in [0.25, 0.3) is 11.3 Å². The van der Waals surface area contributed by atoms with Crippen molar-refractivity contribution in [3.8, 4) is 17.1 Å². The first-order valence-corrected chi connectivity index (χ1v) is 5.49. The lowest BCUT2D eigenvalue weighted by atomic mass is 10.1. The molecule has 0 saturated carbocycles. The predicted molar refractivity (Wildman–Crippen MR) is 63.1 cm³/mol. The van der Waals surface area contributed by atoms with Crippen molar-refractivity contribution in [3.05, 3.63) is 35.3 Å². The third kappa shape index (κ3) is 2.01. The molecule has 0 bridgehead atoms. The molecule has 2 rings (SSSR count). The number of halogens is 2. The molecular formula is C11H9Cl2NO2. The molecule has 0 radical (unpaired) electrons. The van der Waals surface area contributed by atoms with E-state index < -0.39 is 0 Å². The molecule has 0 aliphatic heterocycles. The Morgan fingerprint density at radius 1 is 1.44 bits per heavy atom. The molecule has 0 aliphatic rings. The van der Waals surface area contributed by atoms with Gasteiger partial charge in [0.05, 0.1) is 18.6 Å². The first-order valence-electron chi connectivity index (χ1n) is 4.58. The van der Waals surface area contributed by atoms with E-state index in [4.69, 9.17) is 32.4 Å². The van der Waals surface area contributed by atoms with Crippen LogP contribution in [-0.2, 0) is 5.88 Å². The number of oxazole rings is 1. The average molecular weight is 258 g/mol. The van der Waals surface area contributed by atoms with Crippen molar-refractivity contribution in [1.29, 1.82) is 0 Å². The number of nitrogens with zero attached hydrogens (tertiary/aromatic N) is 1. The molecule has 16 heavy (non-hydrogen) atoms. The summed E-state index contributed by atoms with van der Waals surface area (Å²) in [6.45, 7) is 0. The van der Waals surface area contributed by atoms with E-state index in [0.717, 1.165) is 5.56 Å². The summed E-state index contributed by atoms with van der Waals surface area (Å²) >= 11 is 11.6. The second-order valence-electron chi connectivity index (χ2n) is 3.11. The number of rotatable bonds is 3. The summed E-state index contributed by atoms with van der Waals surface area (Å²) in [5, 5.41) is 0.604. The number of alkyl halides is 1. The predicted octanol–water partition coefficient (Wildman–Crippen LogP) is 3.74. The highest BCUT2D eigenvalue weighted by Crippen LogP contribution is 2.34. The van der Waals surface area contributed by atoms with Crippen LogP contribution in [0.1, 0.15) is 5.69 Å². The molecule has 0 saturated heterocycles. The Kier molecular flexibility index (Phi) is 3.36. The second-order valence-corrected chi connectivity index (χ2v) is 3.81. The summed E-state index contributed by atoms with van der Waals surface area (Å²) in [5.41, 5.74) is 1.47. The molecule has 2 aromatic rings. The third-order valence-electron chi connectivity index (χ3n) is 2.18. The standard InChI is InChI=1S/C11H9Cl2NO2/c1-15-10-4-7(13)2-3-8(10)11-9(5-12)14-6-16-11/h2-4,6H,5H2,1H3. The third-order valence-corrected chi connectivity index (χ3v) is 2.66. The minimum atomic E-state index is 0.289. The Morgan fingerprint density at radius 2 is 2.25 bits per heavy atom. The van der Waals surface area contributed by atoms with E-state index in [-0.39, 0.29) is 5.88 Å². The van der Waals surface area contributed by atoms with Crippen molar-refractivity contribution in [3.63, 3.8) is 0 Å². The molecule has 1 aromatic heterocycles. The fourth-order valence-electron chi connectivity index (χ4n) is 1.44. The van der Waals surface area contributed by atoms with E-state index in [1.807, 2.05) is 6.07 Å². The van der Waals surface area contributed by atoms with Gasteiger partial charge in [-0.2, -0.15) is 0 Å². The highest BCUT2D eigenvalue weighted by Gasteiger charge is 2.14. The van der Waals surface area contributed by atoms with Crippen molar-refractivity contribution < 1.29 is 9.15 Å². The number of benzene rings is 1. The highest BCUT2D eigenvalue weighted by atomic mass is 35.5. The molecule has 0 N–H and O–H groups in total. The molecule has 1 heterocycles. The van der Waals surface area contributed by atoms with Gasteiger partial charge < -0.3 is 9.15 Å². The molecule has 84 valence electrons. The van der Waals surface area contributed by atoms with Crippen molar-refractivity contribution in [2.24, 2.45) is 0 Å². The molecule has 0 atom stereocenters. The number of hydrogen-bond acceptors (Lipinski definition) is 3. The van der Waals surface area contributed by atoms with Crippen LogP contribution in [0, 0.1) is 0 Å². The second kappa shape index (κ2) is 4.76. The lowest BCUT2D eigenvalue weighted by Crippen LogP contribution is -1.89. The molecule has 0 spiro atoms. The van der Waals surface area contributed by atoms with E-state index >= 15 is 0 Å². The van der Waals surface area contributed by atoms with Gasteiger partial charge in [-0.1, -0.05) is 11.6 Å². The SMILES string of the molecule is COc1cc(Cl)ccc1-c1ocnc1CCl. The molecule has 1 aromatic carbocycles. The minimum Gasteiger partial charge on any atom is -0.496 e. The molecule has 5 heteroatoms. The van der Waals surface area contributed by atoms with Gasteiger partial charge in [-0.15, -0.1) is 11.6 Å². The van der Waals surface area contributed by atoms with Gasteiger partial charge in [0.25, 0.3) is 0 Å². The first-order chi connectivity index (χ1) is 7.76. The highest BCUT2D eigenvalue weighted by molar-refractivity contribution is 6.30. The van der Waals surface area contributed by atoms with Crippen LogP contribution in [0.15, 0.2) is 29.0 Å². The van der Waals surface area contributed by atoms with E-state index in [0.29, 0.717) is 22.2 Å². The Balaban J connectivity index is 2.55. The molecule has 0 unspecified atom stereocenters. The zero-order valence-corrected chi connectivity index (χ0v) is 10.0. The summed E-state index contributed by atoms with van der Waals surface area (Å²) in [7, 11) is 1.58. The van der Waals surface area contributed by atoms with Crippen molar-refractivity contribution in [2.75, 3.05) is 7.11 Å².